The maximum Gasteiger partial charge on any atom is 0.311 e. The van der Waals surface area contributed by atoms with Crippen LogP contribution in [-0.4, -0.2) is 12.5 Å². The lowest BCUT2D eigenvalue weighted by Gasteiger charge is -2.04. The molecule has 0 amide bonds. The van der Waals surface area contributed by atoms with Crippen molar-refractivity contribution in [2.24, 2.45) is 5.73 Å². The van der Waals surface area contributed by atoms with Crippen LogP contribution in [0.3, 0.4) is 0 Å². The van der Waals surface area contributed by atoms with Gasteiger partial charge in [0.1, 0.15) is 5.75 Å². The SMILES string of the molecule is Cl.NCCCCCCCCCCCCC(=O)Oc1ccccc1. The molecule has 0 saturated heterocycles. The zero-order chi connectivity index (χ0) is 15.9. The van der Waals surface area contributed by atoms with Gasteiger partial charge < -0.3 is 10.5 Å². The normalized spacial score (nSPS) is 10.1. The van der Waals surface area contributed by atoms with Crippen molar-refractivity contribution in [2.45, 2.75) is 70.6 Å². The van der Waals surface area contributed by atoms with Gasteiger partial charge in [0.05, 0.1) is 0 Å². The number of nitrogens with two attached hydrogens (primary N) is 1. The number of hydrogen-bond donors (Lipinski definition) is 1. The number of carbonyl (C=O) groups is 1. The fourth-order valence-electron chi connectivity index (χ4n) is 2.50. The van der Waals surface area contributed by atoms with Crippen LogP contribution in [0.4, 0.5) is 0 Å². The lowest BCUT2D eigenvalue weighted by Crippen LogP contribution is -2.07. The van der Waals surface area contributed by atoms with Crippen LogP contribution in [0.5, 0.6) is 5.75 Å². The second kappa shape index (κ2) is 15.8. The molecule has 1 aromatic carbocycles. The fraction of sp³-hybridized carbons (Fsp3) is 0.632. The zero-order valence-corrected chi connectivity index (χ0v) is 15.0. The third-order valence-corrected chi connectivity index (χ3v) is 3.81. The van der Waals surface area contributed by atoms with Gasteiger partial charge in [-0.05, 0) is 31.5 Å². The average Bonchev–Trinajstić information content (AvgIpc) is 2.53. The van der Waals surface area contributed by atoms with Crippen molar-refractivity contribution in [3.05, 3.63) is 30.3 Å². The van der Waals surface area contributed by atoms with Crippen LogP contribution in [0.1, 0.15) is 70.6 Å². The summed E-state index contributed by atoms with van der Waals surface area (Å²) in [7, 11) is 0. The number of esters is 1. The molecule has 0 spiro atoms. The van der Waals surface area contributed by atoms with E-state index >= 15 is 0 Å². The summed E-state index contributed by atoms with van der Waals surface area (Å²) < 4.78 is 5.26. The minimum Gasteiger partial charge on any atom is -0.427 e. The maximum atomic E-state index is 11.6. The van der Waals surface area contributed by atoms with Gasteiger partial charge in [0, 0.05) is 6.42 Å². The van der Waals surface area contributed by atoms with E-state index in [-0.39, 0.29) is 18.4 Å². The second-order valence-corrected chi connectivity index (χ2v) is 5.86. The Hall–Kier alpha value is -1.06. The molecule has 132 valence electrons. The molecular weight excluding hydrogens is 310 g/mol. The highest BCUT2D eigenvalue weighted by Gasteiger charge is 2.03. The van der Waals surface area contributed by atoms with Crippen molar-refractivity contribution in [1.82, 2.24) is 0 Å². The van der Waals surface area contributed by atoms with Crippen LogP contribution in [0, 0.1) is 0 Å². The van der Waals surface area contributed by atoms with Crippen LogP contribution in [0.2, 0.25) is 0 Å². The highest BCUT2D eigenvalue weighted by Crippen LogP contribution is 2.13. The Morgan fingerprint density at radius 2 is 1.26 bits per heavy atom. The lowest BCUT2D eigenvalue weighted by atomic mass is 10.1. The van der Waals surface area contributed by atoms with E-state index < -0.39 is 0 Å². The molecule has 0 radical (unpaired) electrons. The molecular formula is C19H32ClNO2. The Labute approximate surface area is 147 Å². The Kier molecular flexibility index (Phi) is 15.1. The predicted octanol–water partition coefficient (Wildman–Crippen LogP) is 5.26. The van der Waals surface area contributed by atoms with E-state index in [1.165, 1.54) is 51.4 Å². The summed E-state index contributed by atoms with van der Waals surface area (Å²) >= 11 is 0. The number of halogens is 1. The van der Waals surface area contributed by atoms with Crippen molar-refractivity contribution >= 4 is 18.4 Å². The number of para-hydroxylation sites is 1. The standard InChI is InChI=1S/C19H31NO2.ClH/c20-17-13-8-6-4-2-1-3-5-7-12-16-19(21)22-18-14-10-9-11-15-18;/h9-11,14-15H,1-8,12-13,16-17,20H2;1H. The number of rotatable bonds is 13. The van der Waals surface area contributed by atoms with E-state index in [9.17, 15) is 4.79 Å². The molecule has 0 aliphatic carbocycles. The predicted molar refractivity (Wildman–Crippen MR) is 99.2 cm³/mol. The van der Waals surface area contributed by atoms with E-state index in [1.807, 2.05) is 30.3 Å². The monoisotopic (exact) mass is 341 g/mol. The summed E-state index contributed by atoms with van der Waals surface area (Å²) in [6.07, 6.45) is 12.8. The van der Waals surface area contributed by atoms with E-state index in [2.05, 4.69) is 0 Å². The van der Waals surface area contributed by atoms with E-state index in [1.54, 1.807) is 0 Å². The summed E-state index contributed by atoms with van der Waals surface area (Å²) in [6, 6.07) is 9.28. The highest BCUT2D eigenvalue weighted by atomic mass is 35.5. The largest absolute Gasteiger partial charge is 0.427 e. The molecule has 0 aromatic heterocycles. The molecule has 2 N–H and O–H groups in total. The molecule has 23 heavy (non-hydrogen) atoms. The molecule has 1 aromatic rings. The van der Waals surface area contributed by atoms with Crippen LogP contribution < -0.4 is 10.5 Å². The number of ether oxygens (including phenoxy) is 1. The van der Waals surface area contributed by atoms with E-state index in [0.29, 0.717) is 12.2 Å². The van der Waals surface area contributed by atoms with Crippen molar-refractivity contribution in [2.75, 3.05) is 6.54 Å². The molecule has 0 fully saturated rings. The molecule has 1 rings (SSSR count). The Morgan fingerprint density at radius 1 is 0.783 bits per heavy atom. The second-order valence-electron chi connectivity index (χ2n) is 5.86. The Morgan fingerprint density at radius 3 is 1.78 bits per heavy atom. The van der Waals surface area contributed by atoms with E-state index in [0.717, 1.165) is 19.4 Å². The number of hydrogen-bond acceptors (Lipinski definition) is 3. The van der Waals surface area contributed by atoms with Gasteiger partial charge in [0.25, 0.3) is 0 Å². The van der Waals surface area contributed by atoms with Crippen LogP contribution in [-0.2, 0) is 4.79 Å². The summed E-state index contributed by atoms with van der Waals surface area (Å²) in [5.74, 6) is 0.522. The van der Waals surface area contributed by atoms with Gasteiger partial charge in [-0.2, -0.15) is 0 Å². The zero-order valence-electron chi connectivity index (χ0n) is 14.2. The highest BCUT2D eigenvalue weighted by molar-refractivity contribution is 5.85. The van der Waals surface area contributed by atoms with Crippen molar-refractivity contribution in [3.8, 4) is 5.75 Å². The smallest absolute Gasteiger partial charge is 0.311 e. The minimum atomic E-state index is -0.119. The average molecular weight is 342 g/mol. The van der Waals surface area contributed by atoms with Crippen molar-refractivity contribution in [3.63, 3.8) is 0 Å². The summed E-state index contributed by atoms with van der Waals surface area (Å²) in [6.45, 7) is 0.826. The first-order chi connectivity index (χ1) is 10.8. The van der Waals surface area contributed by atoms with Gasteiger partial charge in [0.15, 0.2) is 0 Å². The maximum absolute atomic E-state index is 11.6. The van der Waals surface area contributed by atoms with Gasteiger partial charge >= 0.3 is 5.97 Å². The number of unbranched alkanes of at least 4 members (excludes halogenated alkanes) is 9. The lowest BCUT2D eigenvalue weighted by molar-refractivity contribution is -0.134. The van der Waals surface area contributed by atoms with Crippen molar-refractivity contribution in [1.29, 1.82) is 0 Å². The number of carbonyl (C=O) groups excluding carboxylic acids is 1. The number of benzene rings is 1. The molecule has 0 heterocycles. The quantitative estimate of drug-likeness (QED) is 0.302. The molecule has 0 aliphatic rings. The Bertz CT molecular complexity index is 384. The van der Waals surface area contributed by atoms with Crippen LogP contribution in [0.15, 0.2) is 30.3 Å². The first-order valence-corrected chi connectivity index (χ1v) is 8.78. The van der Waals surface area contributed by atoms with Gasteiger partial charge in [-0.25, -0.2) is 0 Å². The molecule has 4 heteroatoms. The van der Waals surface area contributed by atoms with E-state index in [4.69, 9.17) is 10.5 Å². The molecule has 0 bridgehead atoms. The third kappa shape index (κ3) is 13.1. The molecule has 3 nitrogen and oxygen atoms in total. The summed E-state index contributed by atoms with van der Waals surface area (Å²) in [5, 5.41) is 0. The molecule has 0 unspecified atom stereocenters. The van der Waals surface area contributed by atoms with Crippen molar-refractivity contribution < 1.29 is 9.53 Å². The first kappa shape index (κ1) is 21.9. The van der Waals surface area contributed by atoms with Crippen LogP contribution in [0.25, 0.3) is 0 Å². The minimum absolute atomic E-state index is 0. The fourth-order valence-corrected chi connectivity index (χ4v) is 2.50. The van der Waals surface area contributed by atoms with Crippen LogP contribution >= 0.6 is 12.4 Å². The molecule has 0 saturated carbocycles. The third-order valence-electron chi connectivity index (χ3n) is 3.81. The molecule has 0 atom stereocenters. The summed E-state index contributed by atoms with van der Waals surface area (Å²) in [4.78, 5) is 11.6. The van der Waals surface area contributed by atoms with Gasteiger partial charge in [-0.3, -0.25) is 4.79 Å². The summed E-state index contributed by atoms with van der Waals surface area (Å²) in [5.41, 5.74) is 5.47. The first-order valence-electron chi connectivity index (χ1n) is 8.78. The van der Waals surface area contributed by atoms with Gasteiger partial charge in [-0.15, -0.1) is 12.4 Å². The van der Waals surface area contributed by atoms with Gasteiger partial charge in [0.2, 0.25) is 0 Å². The molecule has 0 aliphatic heterocycles. The topological polar surface area (TPSA) is 52.3 Å². The van der Waals surface area contributed by atoms with Gasteiger partial charge in [-0.1, -0.05) is 69.6 Å². The Balaban J connectivity index is 0.00000484.